The van der Waals surface area contributed by atoms with Crippen molar-refractivity contribution in [1.29, 1.82) is 0 Å². The van der Waals surface area contributed by atoms with Crippen molar-refractivity contribution in [2.45, 2.75) is 6.42 Å². The lowest BCUT2D eigenvalue weighted by atomic mass is 10.1. The first-order valence-electron chi connectivity index (χ1n) is 7.23. The number of ether oxygens (including phenoxy) is 2. The van der Waals surface area contributed by atoms with Crippen LogP contribution in [0.2, 0.25) is 0 Å². The minimum Gasteiger partial charge on any atom is -0.494 e. The zero-order valence-corrected chi connectivity index (χ0v) is 13.4. The van der Waals surface area contributed by atoms with Crippen LogP contribution in [0.3, 0.4) is 0 Å². The van der Waals surface area contributed by atoms with E-state index < -0.39 is 47.4 Å². The van der Waals surface area contributed by atoms with E-state index in [2.05, 4.69) is 4.74 Å². The summed E-state index contributed by atoms with van der Waals surface area (Å²) in [7, 11) is 1.29. The topological polar surface area (TPSA) is 64.6 Å². The summed E-state index contributed by atoms with van der Waals surface area (Å²) in [6, 6.07) is 5.32. The largest absolute Gasteiger partial charge is 0.494 e. The molecule has 0 spiro atoms. The molecule has 0 aromatic heterocycles. The lowest BCUT2D eigenvalue weighted by molar-refractivity contribution is -0.146. The maximum atomic E-state index is 13.5. The molecular weight excluding hydrogens is 358 g/mol. The first-order valence-corrected chi connectivity index (χ1v) is 7.23. The van der Waals surface area contributed by atoms with Gasteiger partial charge in [0.25, 0.3) is 5.91 Å². The van der Waals surface area contributed by atoms with Gasteiger partial charge in [-0.1, -0.05) is 6.07 Å². The number of anilines is 1. The van der Waals surface area contributed by atoms with Gasteiger partial charge in [0.1, 0.15) is 0 Å². The number of halogens is 4. The molecule has 0 aliphatic carbocycles. The number of hydrogen-bond acceptors (Lipinski definition) is 4. The summed E-state index contributed by atoms with van der Waals surface area (Å²) in [6.07, 6.45) is -0.312. The van der Waals surface area contributed by atoms with Gasteiger partial charge in [0, 0.05) is 0 Å². The van der Waals surface area contributed by atoms with Crippen molar-refractivity contribution in [3.8, 4) is 5.75 Å². The molecule has 0 heterocycles. The maximum absolute atomic E-state index is 13.5. The van der Waals surface area contributed by atoms with Crippen LogP contribution in [0.1, 0.15) is 5.56 Å². The smallest absolute Gasteiger partial charge is 0.310 e. The molecule has 2 aromatic rings. The second-order valence-corrected chi connectivity index (χ2v) is 5.08. The summed E-state index contributed by atoms with van der Waals surface area (Å²) < 4.78 is 62.2. The molecule has 2 aromatic carbocycles. The fourth-order valence-corrected chi connectivity index (χ4v) is 1.99. The molecule has 26 heavy (non-hydrogen) atoms. The Hall–Kier alpha value is -3.10. The molecule has 0 atom stereocenters. The van der Waals surface area contributed by atoms with Gasteiger partial charge in [0.05, 0.1) is 19.2 Å². The normalized spacial score (nSPS) is 10.3. The molecule has 0 saturated carbocycles. The van der Waals surface area contributed by atoms with Gasteiger partial charge in [-0.3, -0.25) is 9.59 Å². The number of hydrogen-bond donors (Lipinski definition) is 1. The molecule has 9 heteroatoms. The Morgan fingerprint density at radius 3 is 2.38 bits per heavy atom. The summed E-state index contributed by atoms with van der Waals surface area (Å²) in [4.78, 5) is 23.3. The van der Waals surface area contributed by atoms with Gasteiger partial charge < -0.3 is 14.8 Å². The zero-order chi connectivity index (χ0) is 19.3. The van der Waals surface area contributed by atoms with Crippen molar-refractivity contribution in [2.24, 2.45) is 0 Å². The summed E-state index contributed by atoms with van der Waals surface area (Å²) >= 11 is 0. The number of nitrogens with one attached hydrogen (secondary N) is 1. The predicted molar refractivity (Wildman–Crippen MR) is 82.6 cm³/mol. The summed E-state index contributed by atoms with van der Waals surface area (Å²) in [5.74, 6) is -7.16. The van der Waals surface area contributed by atoms with Crippen molar-refractivity contribution in [3.05, 3.63) is 59.2 Å². The van der Waals surface area contributed by atoms with E-state index in [1.165, 1.54) is 19.2 Å². The third kappa shape index (κ3) is 4.71. The zero-order valence-electron chi connectivity index (χ0n) is 13.4. The number of amides is 1. The van der Waals surface area contributed by atoms with Crippen LogP contribution in [-0.4, -0.2) is 25.6 Å². The molecule has 0 unspecified atom stereocenters. The SMILES string of the molecule is COc1ccc(CC(=O)OCC(=O)Nc2ccc(F)c(F)c2F)cc1F. The minimum absolute atomic E-state index is 0.00931. The molecule has 0 aliphatic heterocycles. The Balaban J connectivity index is 1.88. The molecule has 2 rings (SSSR count). The summed E-state index contributed by atoms with van der Waals surface area (Å²) in [5.41, 5.74) is -0.303. The highest BCUT2D eigenvalue weighted by Crippen LogP contribution is 2.20. The fourth-order valence-electron chi connectivity index (χ4n) is 1.99. The van der Waals surface area contributed by atoms with Crippen LogP contribution in [0.25, 0.3) is 0 Å². The van der Waals surface area contributed by atoms with Crippen molar-refractivity contribution in [1.82, 2.24) is 0 Å². The van der Waals surface area contributed by atoms with Gasteiger partial charge in [-0.15, -0.1) is 0 Å². The monoisotopic (exact) mass is 371 g/mol. The van der Waals surface area contributed by atoms with Gasteiger partial charge in [-0.05, 0) is 29.8 Å². The van der Waals surface area contributed by atoms with Crippen LogP contribution in [0.5, 0.6) is 5.75 Å². The van der Waals surface area contributed by atoms with Crippen LogP contribution in [0.15, 0.2) is 30.3 Å². The molecule has 0 fully saturated rings. The third-order valence-electron chi connectivity index (χ3n) is 3.24. The lowest BCUT2D eigenvalue weighted by Crippen LogP contribution is -2.22. The highest BCUT2D eigenvalue weighted by molar-refractivity contribution is 5.93. The predicted octanol–water partition coefficient (Wildman–Crippen LogP) is 2.98. The van der Waals surface area contributed by atoms with Gasteiger partial charge in [0.2, 0.25) is 0 Å². The van der Waals surface area contributed by atoms with E-state index in [9.17, 15) is 27.2 Å². The maximum Gasteiger partial charge on any atom is 0.310 e. The fraction of sp³-hybridized carbons (Fsp3) is 0.176. The minimum atomic E-state index is -1.73. The number of benzene rings is 2. The molecule has 1 amide bonds. The second-order valence-electron chi connectivity index (χ2n) is 5.08. The Kier molecular flexibility index (Phi) is 6.16. The van der Waals surface area contributed by atoms with E-state index in [0.29, 0.717) is 11.6 Å². The molecule has 0 saturated heterocycles. The van der Waals surface area contributed by atoms with Crippen molar-refractivity contribution in [3.63, 3.8) is 0 Å². The number of carbonyl (C=O) groups excluding carboxylic acids is 2. The van der Waals surface area contributed by atoms with E-state index in [1.807, 2.05) is 5.32 Å². The molecule has 0 aliphatic rings. The third-order valence-corrected chi connectivity index (χ3v) is 3.24. The van der Waals surface area contributed by atoms with Gasteiger partial charge >= 0.3 is 5.97 Å². The van der Waals surface area contributed by atoms with Crippen LogP contribution in [-0.2, 0) is 20.7 Å². The molecule has 5 nitrogen and oxygen atoms in total. The molecule has 1 N–H and O–H groups in total. The van der Waals surface area contributed by atoms with Crippen LogP contribution >= 0.6 is 0 Å². The molecular formula is C17H13F4NO4. The Morgan fingerprint density at radius 1 is 1.00 bits per heavy atom. The number of carbonyl (C=O) groups is 2. The first kappa shape index (κ1) is 19.2. The van der Waals surface area contributed by atoms with Gasteiger partial charge in [0.15, 0.2) is 35.6 Å². The van der Waals surface area contributed by atoms with Crippen molar-refractivity contribution in [2.75, 3.05) is 19.0 Å². The second kappa shape index (κ2) is 8.32. The van der Waals surface area contributed by atoms with Crippen LogP contribution in [0, 0.1) is 23.3 Å². The highest BCUT2D eigenvalue weighted by Gasteiger charge is 2.16. The van der Waals surface area contributed by atoms with E-state index >= 15 is 0 Å². The van der Waals surface area contributed by atoms with Gasteiger partial charge in [-0.2, -0.15) is 0 Å². The van der Waals surface area contributed by atoms with E-state index in [4.69, 9.17) is 4.74 Å². The van der Waals surface area contributed by atoms with E-state index in [-0.39, 0.29) is 12.2 Å². The van der Waals surface area contributed by atoms with Gasteiger partial charge in [-0.25, -0.2) is 17.6 Å². The lowest BCUT2D eigenvalue weighted by Gasteiger charge is -2.08. The molecule has 138 valence electrons. The Morgan fingerprint density at radius 2 is 1.73 bits per heavy atom. The quantitative estimate of drug-likeness (QED) is 0.482. The number of methoxy groups -OCH3 is 1. The van der Waals surface area contributed by atoms with Crippen molar-refractivity contribution < 1.29 is 36.6 Å². The Bertz CT molecular complexity index is 842. The average Bonchev–Trinajstić information content (AvgIpc) is 2.61. The number of esters is 1. The van der Waals surface area contributed by atoms with Crippen LogP contribution < -0.4 is 10.1 Å². The number of rotatable bonds is 6. The Labute approximate surface area is 145 Å². The highest BCUT2D eigenvalue weighted by atomic mass is 19.2. The first-order chi connectivity index (χ1) is 12.3. The van der Waals surface area contributed by atoms with Crippen LogP contribution in [0.4, 0.5) is 23.2 Å². The summed E-state index contributed by atoms with van der Waals surface area (Å²) in [5, 5.41) is 1.95. The molecule has 0 bridgehead atoms. The molecule has 0 radical (unpaired) electrons. The van der Waals surface area contributed by atoms with Crippen molar-refractivity contribution >= 4 is 17.6 Å². The standard InChI is InChI=1S/C17H13F4NO4/c1-25-13-5-2-9(6-11(13)19)7-15(24)26-8-14(23)22-12-4-3-10(18)16(20)17(12)21/h2-6H,7-8H2,1H3,(H,22,23). The average molecular weight is 371 g/mol. The summed E-state index contributed by atoms with van der Waals surface area (Å²) in [6.45, 7) is -0.782. The van der Waals surface area contributed by atoms with E-state index in [1.54, 1.807) is 0 Å². The van der Waals surface area contributed by atoms with E-state index in [0.717, 1.165) is 12.1 Å².